The Morgan fingerprint density at radius 3 is 2.26 bits per heavy atom. The molecule has 0 aliphatic heterocycles. The number of rotatable bonds is 6. The number of benzene rings is 3. The molecule has 0 saturated heterocycles. The van der Waals surface area contributed by atoms with E-state index in [2.05, 4.69) is 10.6 Å². The number of hydrogen-bond acceptors (Lipinski definition) is 3. The van der Waals surface area contributed by atoms with Crippen LogP contribution in [0.1, 0.15) is 10.4 Å². The molecule has 3 aromatic rings. The molecule has 0 spiro atoms. The third-order valence-electron chi connectivity index (χ3n) is 3.61. The molecule has 0 bridgehead atoms. The number of hydrogen-bond donors (Lipinski definition) is 2. The summed E-state index contributed by atoms with van der Waals surface area (Å²) < 4.78 is 18.8. The zero-order chi connectivity index (χ0) is 19.1. The van der Waals surface area contributed by atoms with Gasteiger partial charge in [0.25, 0.3) is 5.91 Å². The molecule has 0 atom stereocenters. The highest BCUT2D eigenvalue weighted by molar-refractivity contribution is 5.99. The molecule has 0 aliphatic rings. The highest BCUT2D eigenvalue weighted by atomic mass is 19.1. The van der Waals surface area contributed by atoms with Crippen LogP contribution in [0.15, 0.2) is 78.9 Å². The first-order valence-electron chi connectivity index (χ1n) is 8.27. The summed E-state index contributed by atoms with van der Waals surface area (Å²) in [4.78, 5) is 23.9. The Bertz CT molecular complexity index is 928. The van der Waals surface area contributed by atoms with Crippen molar-refractivity contribution in [2.45, 2.75) is 0 Å². The lowest BCUT2D eigenvalue weighted by Crippen LogP contribution is -2.32. The van der Waals surface area contributed by atoms with E-state index >= 15 is 0 Å². The number of anilines is 1. The number of carbonyl (C=O) groups excluding carboxylic acids is 2. The average molecular weight is 364 g/mol. The van der Waals surface area contributed by atoms with Crippen LogP contribution in [0.4, 0.5) is 10.1 Å². The fraction of sp³-hybridized carbons (Fsp3) is 0.0476. The summed E-state index contributed by atoms with van der Waals surface area (Å²) in [7, 11) is 0. The average Bonchev–Trinajstić information content (AvgIpc) is 2.68. The number of amides is 2. The zero-order valence-corrected chi connectivity index (χ0v) is 14.3. The van der Waals surface area contributed by atoms with Gasteiger partial charge >= 0.3 is 0 Å². The molecule has 3 rings (SSSR count). The maximum Gasteiger partial charge on any atom is 0.251 e. The van der Waals surface area contributed by atoms with Gasteiger partial charge in [0.1, 0.15) is 17.3 Å². The van der Waals surface area contributed by atoms with E-state index in [0.717, 1.165) is 6.07 Å². The van der Waals surface area contributed by atoms with Gasteiger partial charge in [0.2, 0.25) is 5.91 Å². The van der Waals surface area contributed by atoms with Crippen LogP contribution in [0.2, 0.25) is 0 Å². The lowest BCUT2D eigenvalue weighted by molar-refractivity contribution is -0.115. The smallest absolute Gasteiger partial charge is 0.251 e. The number of carbonyl (C=O) groups is 2. The Hall–Kier alpha value is -3.67. The molecule has 0 aliphatic carbocycles. The second-order valence-corrected chi connectivity index (χ2v) is 5.68. The maximum atomic E-state index is 13.1. The minimum absolute atomic E-state index is 0.158. The van der Waals surface area contributed by atoms with E-state index in [1.165, 1.54) is 18.2 Å². The van der Waals surface area contributed by atoms with Crippen LogP contribution in [-0.4, -0.2) is 18.4 Å². The van der Waals surface area contributed by atoms with Crippen LogP contribution in [0.25, 0.3) is 0 Å². The van der Waals surface area contributed by atoms with Crippen LogP contribution in [0.5, 0.6) is 11.5 Å². The summed E-state index contributed by atoms with van der Waals surface area (Å²) >= 11 is 0. The molecule has 5 nitrogen and oxygen atoms in total. The highest BCUT2D eigenvalue weighted by Gasteiger charge is 2.09. The van der Waals surface area contributed by atoms with Gasteiger partial charge in [-0.2, -0.15) is 0 Å². The van der Waals surface area contributed by atoms with Crippen molar-refractivity contribution in [2.75, 3.05) is 11.9 Å². The van der Waals surface area contributed by atoms with E-state index in [9.17, 15) is 14.0 Å². The number of halogens is 1. The number of para-hydroxylation sites is 1. The predicted octanol–water partition coefficient (Wildman–Crippen LogP) is 3.99. The Morgan fingerprint density at radius 1 is 0.852 bits per heavy atom. The Labute approximate surface area is 155 Å². The monoisotopic (exact) mass is 364 g/mol. The second kappa shape index (κ2) is 8.62. The second-order valence-electron chi connectivity index (χ2n) is 5.68. The zero-order valence-electron chi connectivity index (χ0n) is 14.3. The van der Waals surface area contributed by atoms with Crippen LogP contribution >= 0.6 is 0 Å². The van der Waals surface area contributed by atoms with E-state index in [-0.39, 0.29) is 12.1 Å². The molecule has 0 fully saturated rings. The Kier molecular flexibility index (Phi) is 5.79. The van der Waals surface area contributed by atoms with Gasteiger partial charge in [-0.25, -0.2) is 4.39 Å². The van der Waals surface area contributed by atoms with Gasteiger partial charge < -0.3 is 15.4 Å². The van der Waals surface area contributed by atoms with Crippen LogP contribution in [0.3, 0.4) is 0 Å². The van der Waals surface area contributed by atoms with Gasteiger partial charge in [0.15, 0.2) is 0 Å². The van der Waals surface area contributed by atoms with Crippen molar-refractivity contribution in [2.24, 2.45) is 0 Å². The Morgan fingerprint density at radius 2 is 1.56 bits per heavy atom. The van der Waals surface area contributed by atoms with E-state index in [4.69, 9.17) is 4.74 Å². The lowest BCUT2D eigenvalue weighted by Gasteiger charge is -2.09. The van der Waals surface area contributed by atoms with E-state index in [1.54, 1.807) is 24.3 Å². The van der Waals surface area contributed by atoms with Crippen molar-refractivity contribution in [1.82, 2.24) is 5.32 Å². The van der Waals surface area contributed by atoms with Crippen molar-refractivity contribution >= 4 is 17.5 Å². The quantitative estimate of drug-likeness (QED) is 0.695. The highest BCUT2D eigenvalue weighted by Crippen LogP contribution is 2.22. The summed E-state index contributed by atoms with van der Waals surface area (Å²) in [6.07, 6.45) is 0. The van der Waals surface area contributed by atoms with Gasteiger partial charge in [-0.15, -0.1) is 0 Å². The molecule has 0 saturated carbocycles. The minimum atomic E-state index is -0.517. The molecule has 0 aromatic heterocycles. The Balaban J connectivity index is 1.50. The van der Waals surface area contributed by atoms with Gasteiger partial charge in [-0.05, 0) is 54.6 Å². The molecule has 0 heterocycles. The fourth-order valence-electron chi connectivity index (χ4n) is 2.33. The van der Waals surface area contributed by atoms with E-state index in [0.29, 0.717) is 17.2 Å². The SMILES string of the molecule is O=C(CNC(=O)c1cccc(F)c1)Nc1ccc(Oc2ccccc2)cc1. The van der Waals surface area contributed by atoms with Gasteiger partial charge in [-0.1, -0.05) is 24.3 Å². The van der Waals surface area contributed by atoms with Gasteiger partial charge in [-0.3, -0.25) is 9.59 Å². The van der Waals surface area contributed by atoms with E-state index in [1.807, 2.05) is 30.3 Å². The van der Waals surface area contributed by atoms with Crippen molar-refractivity contribution in [3.8, 4) is 11.5 Å². The normalized spacial score (nSPS) is 10.1. The molecule has 0 unspecified atom stereocenters. The molecule has 2 N–H and O–H groups in total. The van der Waals surface area contributed by atoms with Crippen molar-refractivity contribution < 1.29 is 18.7 Å². The van der Waals surface area contributed by atoms with Gasteiger partial charge in [0, 0.05) is 11.3 Å². The minimum Gasteiger partial charge on any atom is -0.457 e. The van der Waals surface area contributed by atoms with Crippen LogP contribution < -0.4 is 15.4 Å². The standard InChI is InChI=1S/C21H17FN2O3/c22-16-6-4-5-15(13-16)21(26)23-14-20(25)24-17-9-11-19(12-10-17)27-18-7-2-1-3-8-18/h1-13H,14H2,(H,23,26)(H,24,25). The summed E-state index contributed by atoms with van der Waals surface area (Å²) in [6.45, 7) is -0.225. The lowest BCUT2D eigenvalue weighted by atomic mass is 10.2. The molecule has 0 radical (unpaired) electrons. The third-order valence-corrected chi connectivity index (χ3v) is 3.61. The molecule has 6 heteroatoms. The van der Waals surface area contributed by atoms with Crippen molar-refractivity contribution in [3.63, 3.8) is 0 Å². The number of ether oxygens (including phenoxy) is 1. The predicted molar refractivity (Wildman–Crippen MR) is 100 cm³/mol. The van der Waals surface area contributed by atoms with Crippen LogP contribution in [0, 0.1) is 5.82 Å². The summed E-state index contributed by atoms with van der Waals surface area (Å²) in [6, 6.07) is 21.5. The molecular weight excluding hydrogens is 347 g/mol. The molecule has 3 aromatic carbocycles. The summed E-state index contributed by atoms with van der Waals surface area (Å²) in [5.41, 5.74) is 0.727. The first kappa shape index (κ1) is 18.1. The van der Waals surface area contributed by atoms with Crippen molar-refractivity contribution in [3.05, 3.63) is 90.2 Å². The largest absolute Gasteiger partial charge is 0.457 e. The molecule has 136 valence electrons. The molecule has 27 heavy (non-hydrogen) atoms. The first-order valence-corrected chi connectivity index (χ1v) is 8.27. The summed E-state index contributed by atoms with van der Waals surface area (Å²) in [5.74, 6) is -0.0643. The third kappa shape index (κ3) is 5.40. The summed E-state index contributed by atoms with van der Waals surface area (Å²) in [5, 5.41) is 5.12. The molecular formula is C21H17FN2O3. The fourth-order valence-corrected chi connectivity index (χ4v) is 2.33. The topological polar surface area (TPSA) is 67.4 Å². The van der Waals surface area contributed by atoms with E-state index < -0.39 is 17.6 Å². The maximum absolute atomic E-state index is 13.1. The van der Waals surface area contributed by atoms with Crippen LogP contribution in [-0.2, 0) is 4.79 Å². The van der Waals surface area contributed by atoms with Crippen molar-refractivity contribution in [1.29, 1.82) is 0 Å². The number of nitrogens with one attached hydrogen (secondary N) is 2. The van der Waals surface area contributed by atoms with Gasteiger partial charge in [0.05, 0.1) is 6.54 Å². The first-order chi connectivity index (χ1) is 13.1. The molecule has 2 amide bonds.